The van der Waals surface area contributed by atoms with Gasteiger partial charge < -0.3 is 15.2 Å². The van der Waals surface area contributed by atoms with Crippen LogP contribution in [0.4, 0.5) is 5.69 Å². The summed E-state index contributed by atoms with van der Waals surface area (Å²) in [5, 5.41) is 18.9. The molecule has 0 saturated carbocycles. The molecule has 1 amide bonds. The zero-order chi connectivity index (χ0) is 25.8. The highest BCUT2D eigenvalue weighted by atomic mass is 16.5. The lowest BCUT2D eigenvalue weighted by Gasteiger charge is -2.14. The van der Waals surface area contributed by atoms with E-state index in [9.17, 15) is 9.59 Å². The average Bonchev–Trinajstić information content (AvgIpc) is 3.36. The molecule has 0 saturated heterocycles. The third-order valence-corrected chi connectivity index (χ3v) is 6.09. The Bertz CT molecular complexity index is 1560. The van der Waals surface area contributed by atoms with Crippen molar-refractivity contribution in [3.63, 3.8) is 0 Å². The number of aromatic nitrogens is 2. The fraction of sp³-hybridized carbons (Fsp3) is 0.100. The monoisotopic (exact) mass is 491 g/mol. The van der Waals surface area contributed by atoms with Gasteiger partial charge in [0.05, 0.1) is 23.6 Å². The molecule has 5 rings (SSSR count). The molecule has 0 aliphatic heterocycles. The summed E-state index contributed by atoms with van der Waals surface area (Å²) in [4.78, 5) is 23.7. The number of ether oxygens (including phenoxy) is 1. The Hall–Kier alpha value is -4.75. The number of anilines is 1. The van der Waals surface area contributed by atoms with Gasteiger partial charge in [0.1, 0.15) is 6.10 Å². The minimum atomic E-state index is -1.02. The van der Waals surface area contributed by atoms with E-state index in [0.29, 0.717) is 5.69 Å². The van der Waals surface area contributed by atoms with E-state index in [2.05, 4.69) is 29.6 Å². The van der Waals surface area contributed by atoms with Gasteiger partial charge in [-0.15, -0.1) is 0 Å². The number of carboxylic acids is 1. The first-order valence-corrected chi connectivity index (χ1v) is 11.9. The summed E-state index contributed by atoms with van der Waals surface area (Å²) in [5.74, 6) is -1.35. The van der Waals surface area contributed by atoms with Crippen LogP contribution in [0.5, 0.6) is 0 Å². The highest BCUT2D eigenvalue weighted by Gasteiger charge is 2.18. The number of carbonyl (C=O) groups excluding carboxylic acids is 1. The summed E-state index contributed by atoms with van der Waals surface area (Å²) in [5.41, 5.74) is 4.17. The zero-order valence-corrected chi connectivity index (χ0v) is 20.2. The van der Waals surface area contributed by atoms with Gasteiger partial charge in [-0.1, -0.05) is 54.6 Å². The number of amides is 1. The molecule has 2 N–H and O–H groups in total. The molecule has 7 nitrogen and oxygen atoms in total. The lowest BCUT2D eigenvalue weighted by atomic mass is 10.0. The summed E-state index contributed by atoms with van der Waals surface area (Å²) in [7, 11) is 0. The molecule has 0 fully saturated rings. The van der Waals surface area contributed by atoms with Crippen LogP contribution in [-0.4, -0.2) is 32.9 Å². The van der Waals surface area contributed by atoms with Crippen molar-refractivity contribution < 1.29 is 19.4 Å². The maximum Gasteiger partial charge on any atom is 0.335 e. The normalized spacial score (nSPS) is 11.8. The van der Waals surface area contributed by atoms with Crippen molar-refractivity contribution in [1.82, 2.24) is 9.78 Å². The van der Waals surface area contributed by atoms with E-state index in [1.165, 1.54) is 12.1 Å². The van der Waals surface area contributed by atoms with E-state index in [1.807, 2.05) is 59.4 Å². The molecule has 0 aliphatic rings. The lowest BCUT2D eigenvalue weighted by Crippen LogP contribution is -2.27. The van der Waals surface area contributed by atoms with Gasteiger partial charge in [-0.05, 0) is 60.2 Å². The van der Waals surface area contributed by atoms with Crippen LogP contribution in [0.25, 0.3) is 27.7 Å². The van der Waals surface area contributed by atoms with Gasteiger partial charge in [0.25, 0.3) is 5.91 Å². The van der Waals surface area contributed by atoms with Crippen LogP contribution in [0.15, 0.2) is 103 Å². The van der Waals surface area contributed by atoms with Gasteiger partial charge in [-0.3, -0.25) is 4.79 Å². The van der Waals surface area contributed by atoms with Gasteiger partial charge in [-0.25, -0.2) is 9.48 Å². The number of rotatable bonds is 8. The molecule has 184 valence electrons. The predicted octanol–water partition coefficient (Wildman–Crippen LogP) is 5.93. The number of carboxylic acid groups (broad SMARTS) is 1. The minimum absolute atomic E-state index is 0.152. The van der Waals surface area contributed by atoms with Crippen molar-refractivity contribution >= 4 is 28.3 Å². The number of hydrogen-bond donors (Lipinski definition) is 2. The molecule has 0 radical (unpaired) electrons. The third kappa shape index (κ3) is 5.42. The standard InChI is InChI=1S/C30H25N3O4/c1-20(29(34)31-26-15-13-22(14-16-26)30(35)36)37-19-25-18-33(27-9-3-2-4-10-27)32-28(25)24-12-11-21-7-5-6-8-23(21)17-24/h2-18,20H,19H2,1H3,(H,31,34)(H,35,36). The first-order valence-electron chi connectivity index (χ1n) is 11.9. The molecule has 1 aromatic heterocycles. The Morgan fingerprint density at radius 2 is 1.62 bits per heavy atom. The third-order valence-electron chi connectivity index (χ3n) is 6.09. The number of nitrogens with zero attached hydrogens (tertiary/aromatic N) is 2. The van der Waals surface area contributed by atoms with Gasteiger partial charge in [0.15, 0.2) is 0 Å². The first kappa shape index (κ1) is 24.0. The summed E-state index contributed by atoms with van der Waals surface area (Å²) >= 11 is 0. The van der Waals surface area contributed by atoms with Crippen LogP contribution in [0, 0.1) is 0 Å². The quantitative estimate of drug-likeness (QED) is 0.280. The first-order chi connectivity index (χ1) is 18.0. The summed E-state index contributed by atoms with van der Waals surface area (Å²) in [6.45, 7) is 1.86. The number of nitrogens with one attached hydrogen (secondary N) is 1. The molecule has 0 spiro atoms. The van der Waals surface area contributed by atoms with Crippen LogP contribution >= 0.6 is 0 Å². The SMILES string of the molecule is CC(OCc1cn(-c2ccccc2)nc1-c1ccc2ccccc2c1)C(=O)Nc1ccc(C(=O)O)cc1. The summed E-state index contributed by atoms with van der Waals surface area (Å²) in [6, 6.07) is 30.2. The molecule has 5 aromatic rings. The van der Waals surface area contributed by atoms with Crippen molar-refractivity contribution in [2.45, 2.75) is 19.6 Å². The van der Waals surface area contributed by atoms with Gasteiger partial charge in [0, 0.05) is 23.0 Å². The van der Waals surface area contributed by atoms with E-state index in [1.54, 1.807) is 19.1 Å². The fourth-order valence-electron chi connectivity index (χ4n) is 4.04. The van der Waals surface area contributed by atoms with Crippen LogP contribution < -0.4 is 5.32 Å². The van der Waals surface area contributed by atoms with Gasteiger partial charge in [-0.2, -0.15) is 5.10 Å². The van der Waals surface area contributed by atoms with Crippen molar-refractivity contribution in [3.05, 3.63) is 114 Å². The summed E-state index contributed by atoms with van der Waals surface area (Å²) < 4.78 is 7.78. The Morgan fingerprint density at radius 1 is 0.919 bits per heavy atom. The van der Waals surface area contributed by atoms with Crippen LogP contribution in [-0.2, 0) is 16.1 Å². The van der Waals surface area contributed by atoms with Crippen LogP contribution in [0.1, 0.15) is 22.8 Å². The second-order valence-corrected chi connectivity index (χ2v) is 8.67. The van der Waals surface area contributed by atoms with E-state index in [-0.39, 0.29) is 18.1 Å². The van der Waals surface area contributed by atoms with E-state index < -0.39 is 12.1 Å². The van der Waals surface area contributed by atoms with Crippen LogP contribution in [0.3, 0.4) is 0 Å². The van der Waals surface area contributed by atoms with Gasteiger partial charge >= 0.3 is 5.97 Å². The average molecular weight is 492 g/mol. The second-order valence-electron chi connectivity index (χ2n) is 8.67. The molecule has 1 atom stereocenters. The molecule has 4 aromatic carbocycles. The molecule has 7 heteroatoms. The smallest absolute Gasteiger partial charge is 0.335 e. The van der Waals surface area contributed by atoms with Crippen molar-refractivity contribution in [1.29, 1.82) is 0 Å². The minimum Gasteiger partial charge on any atom is -0.478 e. The molecule has 0 bridgehead atoms. The Morgan fingerprint density at radius 3 is 2.35 bits per heavy atom. The molecule has 1 unspecified atom stereocenters. The Labute approximate surface area is 213 Å². The fourth-order valence-corrected chi connectivity index (χ4v) is 4.04. The maximum atomic E-state index is 12.7. The molecule has 0 aliphatic carbocycles. The second kappa shape index (κ2) is 10.5. The summed E-state index contributed by atoms with van der Waals surface area (Å²) in [6.07, 6.45) is 1.18. The number of benzene rings is 4. The van der Waals surface area contributed by atoms with Crippen molar-refractivity contribution in [2.75, 3.05) is 5.32 Å². The topological polar surface area (TPSA) is 93.5 Å². The van der Waals surface area contributed by atoms with E-state index in [4.69, 9.17) is 14.9 Å². The number of aromatic carboxylic acids is 1. The van der Waals surface area contributed by atoms with Crippen LogP contribution in [0.2, 0.25) is 0 Å². The van der Waals surface area contributed by atoms with Crippen molar-refractivity contribution in [2.24, 2.45) is 0 Å². The maximum absolute atomic E-state index is 12.7. The Kier molecular flexibility index (Phi) is 6.78. The highest BCUT2D eigenvalue weighted by molar-refractivity contribution is 5.95. The number of hydrogen-bond acceptors (Lipinski definition) is 4. The predicted molar refractivity (Wildman–Crippen MR) is 143 cm³/mol. The number of para-hydroxylation sites is 1. The Balaban J connectivity index is 1.37. The largest absolute Gasteiger partial charge is 0.478 e. The number of fused-ring (bicyclic) bond motifs is 1. The lowest BCUT2D eigenvalue weighted by molar-refractivity contribution is -0.127. The van der Waals surface area contributed by atoms with Crippen molar-refractivity contribution in [3.8, 4) is 16.9 Å². The molecular weight excluding hydrogens is 466 g/mol. The molecule has 1 heterocycles. The van der Waals surface area contributed by atoms with E-state index in [0.717, 1.165) is 33.3 Å². The molecule has 37 heavy (non-hydrogen) atoms. The zero-order valence-electron chi connectivity index (χ0n) is 20.2. The number of carbonyl (C=O) groups is 2. The van der Waals surface area contributed by atoms with E-state index >= 15 is 0 Å². The highest BCUT2D eigenvalue weighted by Crippen LogP contribution is 2.28. The van der Waals surface area contributed by atoms with Gasteiger partial charge in [0.2, 0.25) is 0 Å². The molecular formula is C30H25N3O4.